The second-order valence-corrected chi connectivity index (χ2v) is 4.80. The van der Waals surface area contributed by atoms with Crippen molar-refractivity contribution in [1.82, 2.24) is 0 Å². The van der Waals surface area contributed by atoms with Crippen molar-refractivity contribution in [1.29, 1.82) is 0 Å². The monoisotopic (exact) mass is 342 g/mol. The lowest BCUT2D eigenvalue weighted by atomic mass is 10.2. The molecule has 0 aliphatic heterocycles. The lowest BCUT2D eigenvalue weighted by molar-refractivity contribution is 0.0729. The Kier molecular flexibility index (Phi) is 5.94. The van der Waals surface area contributed by atoms with Crippen LogP contribution in [-0.4, -0.2) is 32.4 Å². The molecule has 0 bridgehead atoms. The van der Waals surface area contributed by atoms with Gasteiger partial charge in [0.2, 0.25) is 5.96 Å². The highest BCUT2D eigenvalue weighted by Crippen LogP contribution is 2.28. The molecule has 0 unspecified atom stereocenters. The van der Waals surface area contributed by atoms with Crippen LogP contribution in [0, 0.1) is 0 Å². The zero-order chi connectivity index (χ0) is 18.2. The molecule has 2 aromatic rings. The molecule has 130 valence electrons. The van der Waals surface area contributed by atoms with Gasteiger partial charge in [-0.3, -0.25) is 0 Å². The molecule has 0 aliphatic carbocycles. The molecule has 8 nitrogen and oxygen atoms in total. The number of nitrogens with two attached hydrogens (primary N) is 2. The number of hydrogen-bond acceptors (Lipinski definition) is 6. The van der Waals surface area contributed by atoms with E-state index in [0.717, 1.165) is 0 Å². The fourth-order valence-electron chi connectivity index (χ4n) is 1.90. The van der Waals surface area contributed by atoms with Crippen LogP contribution in [0.2, 0.25) is 0 Å². The van der Waals surface area contributed by atoms with Crippen molar-refractivity contribution in [2.24, 2.45) is 21.7 Å². The Labute approximate surface area is 144 Å². The van der Waals surface area contributed by atoms with Crippen LogP contribution in [0.4, 0.5) is 0 Å². The van der Waals surface area contributed by atoms with Crippen LogP contribution < -0.4 is 25.7 Å². The quantitative estimate of drug-likeness (QED) is 0.270. The zero-order valence-electron chi connectivity index (χ0n) is 13.8. The number of benzene rings is 2. The van der Waals surface area contributed by atoms with E-state index in [1.165, 1.54) is 13.3 Å². The van der Waals surface area contributed by atoms with Crippen LogP contribution in [0.1, 0.15) is 15.9 Å². The minimum atomic E-state index is -0.511. The van der Waals surface area contributed by atoms with E-state index in [1.54, 1.807) is 49.6 Å². The summed E-state index contributed by atoms with van der Waals surface area (Å²) in [5.41, 5.74) is 11.4. The maximum atomic E-state index is 12.2. The molecule has 2 rings (SSSR count). The van der Waals surface area contributed by atoms with Gasteiger partial charge in [-0.05, 0) is 48.0 Å². The smallest absolute Gasteiger partial charge is 0.343 e. The van der Waals surface area contributed by atoms with Gasteiger partial charge >= 0.3 is 5.97 Å². The van der Waals surface area contributed by atoms with E-state index in [-0.39, 0.29) is 11.7 Å². The third-order valence-electron chi connectivity index (χ3n) is 3.10. The third-order valence-corrected chi connectivity index (χ3v) is 3.10. The molecule has 4 N–H and O–H groups in total. The molecule has 0 atom stereocenters. The van der Waals surface area contributed by atoms with Crippen molar-refractivity contribution in [3.05, 3.63) is 53.6 Å². The fraction of sp³-hybridized carbons (Fsp3) is 0.118. The molecule has 0 saturated heterocycles. The van der Waals surface area contributed by atoms with Gasteiger partial charge in [-0.25, -0.2) is 4.79 Å². The Bertz CT molecular complexity index is 797. The Balaban J connectivity index is 2.16. The summed E-state index contributed by atoms with van der Waals surface area (Å²) in [7, 11) is 3.02. The molecule has 25 heavy (non-hydrogen) atoms. The van der Waals surface area contributed by atoms with E-state index in [1.807, 2.05) is 0 Å². The van der Waals surface area contributed by atoms with Gasteiger partial charge in [0.25, 0.3) is 0 Å². The predicted octanol–water partition coefficient (Wildman–Crippen LogP) is 1.53. The van der Waals surface area contributed by atoms with Crippen molar-refractivity contribution in [2.45, 2.75) is 0 Å². The molecule has 0 radical (unpaired) electrons. The van der Waals surface area contributed by atoms with Gasteiger partial charge in [-0.1, -0.05) is 0 Å². The second kappa shape index (κ2) is 8.34. The second-order valence-electron chi connectivity index (χ2n) is 4.80. The lowest BCUT2D eigenvalue weighted by Gasteiger charge is -2.10. The molecule has 0 aromatic heterocycles. The molecule has 2 aromatic carbocycles. The van der Waals surface area contributed by atoms with Gasteiger partial charge < -0.3 is 25.7 Å². The normalized spacial score (nSPS) is 10.3. The first-order valence-corrected chi connectivity index (χ1v) is 7.19. The van der Waals surface area contributed by atoms with Crippen molar-refractivity contribution >= 4 is 18.1 Å². The molecule has 0 spiro atoms. The van der Waals surface area contributed by atoms with Crippen molar-refractivity contribution in [2.75, 3.05) is 14.2 Å². The van der Waals surface area contributed by atoms with E-state index >= 15 is 0 Å². The summed E-state index contributed by atoms with van der Waals surface area (Å²) < 4.78 is 15.7. The molecule has 0 heterocycles. The van der Waals surface area contributed by atoms with E-state index in [9.17, 15) is 4.79 Å². The van der Waals surface area contributed by atoms with E-state index in [0.29, 0.717) is 22.6 Å². The number of guanidine groups is 1. The van der Waals surface area contributed by atoms with Crippen LogP contribution in [0.15, 0.2) is 52.7 Å². The molecular weight excluding hydrogens is 324 g/mol. The number of rotatable bonds is 6. The fourth-order valence-corrected chi connectivity index (χ4v) is 1.90. The van der Waals surface area contributed by atoms with Gasteiger partial charge in [-0.15, -0.1) is 5.10 Å². The number of carbonyl (C=O) groups is 1. The van der Waals surface area contributed by atoms with Crippen molar-refractivity contribution in [3.8, 4) is 17.2 Å². The summed E-state index contributed by atoms with van der Waals surface area (Å²) in [6.07, 6.45) is 1.44. The Morgan fingerprint density at radius 2 is 1.72 bits per heavy atom. The maximum Gasteiger partial charge on any atom is 0.343 e. The van der Waals surface area contributed by atoms with E-state index in [4.69, 9.17) is 25.7 Å². The number of ether oxygens (including phenoxy) is 3. The van der Waals surface area contributed by atoms with Gasteiger partial charge in [0.15, 0.2) is 11.5 Å². The first-order valence-electron chi connectivity index (χ1n) is 7.19. The van der Waals surface area contributed by atoms with Crippen molar-refractivity contribution in [3.63, 3.8) is 0 Å². The van der Waals surface area contributed by atoms with Gasteiger partial charge in [-0.2, -0.15) is 5.10 Å². The Hall–Kier alpha value is -3.55. The minimum absolute atomic E-state index is 0.145. The molecule has 0 saturated carbocycles. The first-order chi connectivity index (χ1) is 12.0. The number of nitrogens with zero attached hydrogens (tertiary/aromatic N) is 2. The molecule has 8 heteroatoms. The molecule has 0 aliphatic rings. The van der Waals surface area contributed by atoms with Crippen LogP contribution in [0.3, 0.4) is 0 Å². The highest BCUT2D eigenvalue weighted by molar-refractivity contribution is 5.91. The van der Waals surface area contributed by atoms with Crippen LogP contribution in [0.25, 0.3) is 0 Å². The van der Waals surface area contributed by atoms with Crippen LogP contribution in [-0.2, 0) is 0 Å². The topological polar surface area (TPSA) is 122 Å². The summed E-state index contributed by atoms with van der Waals surface area (Å²) >= 11 is 0. The summed E-state index contributed by atoms with van der Waals surface area (Å²) in [5, 5.41) is 7.21. The summed E-state index contributed by atoms with van der Waals surface area (Å²) in [6, 6.07) is 11.5. The third kappa shape index (κ3) is 4.96. The predicted molar refractivity (Wildman–Crippen MR) is 94.4 cm³/mol. The lowest BCUT2D eigenvalue weighted by Crippen LogP contribution is -2.21. The Morgan fingerprint density at radius 1 is 1.00 bits per heavy atom. The van der Waals surface area contributed by atoms with Crippen molar-refractivity contribution < 1.29 is 19.0 Å². The SMILES string of the molecule is COc1ccc(C(=O)Oc2ccc(/C=N\N=C(N)N)cc2OC)cc1. The number of esters is 1. The Morgan fingerprint density at radius 3 is 2.32 bits per heavy atom. The summed E-state index contributed by atoms with van der Waals surface area (Å²) in [4.78, 5) is 12.2. The van der Waals surface area contributed by atoms with Gasteiger partial charge in [0.1, 0.15) is 5.75 Å². The largest absolute Gasteiger partial charge is 0.497 e. The highest BCUT2D eigenvalue weighted by Gasteiger charge is 2.13. The molecule has 0 amide bonds. The zero-order valence-corrected chi connectivity index (χ0v) is 13.8. The summed E-state index contributed by atoms with van der Waals surface area (Å²) in [5.74, 6) is 0.646. The first kappa shape index (κ1) is 17.8. The average molecular weight is 342 g/mol. The number of carbonyl (C=O) groups excluding carboxylic acids is 1. The molecule has 0 fully saturated rings. The van der Waals surface area contributed by atoms with E-state index in [2.05, 4.69) is 10.2 Å². The van der Waals surface area contributed by atoms with Crippen LogP contribution in [0.5, 0.6) is 17.2 Å². The number of methoxy groups -OCH3 is 2. The highest BCUT2D eigenvalue weighted by atomic mass is 16.6. The minimum Gasteiger partial charge on any atom is -0.497 e. The maximum absolute atomic E-state index is 12.2. The standard InChI is InChI=1S/C17H18N4O4/c1-23-13-6-4-12(5-7-13)16(22)25-14-8-3-11(9-15(14)24-2)10-20-21-17(18)19/h3-10H,1-2H3,(H4,18,19,21)/b20-10-. The van der Waals surface area contributed by atoms with Gasteiger partial charge in [0, 0.05) is 0 Å². The molecular formula is C17H18N4O4. The average Bonchev–Trinajstić information content (AvgIpc) is 2.62. The van der Waals surface area contributed by atoms with Crippen LogP contribution >= 0.6 is 0 Å². The number of hydrogen-bond donors (Lipinski definition) is 2. The van der Waals surface area contributed by atoms with Gasteiger partial charge in [0.05, 0.1) is 26.0 Å². The summed E-state index contributed by atoms with van der Waals surface area (Å²) in [6.45, 7) is 0. The van der Waals surface area contributed by atoms with E-state index < -0.39 is 5.97 Å².